The van der Waals surface area contributed by atoms with Gasteiger partial charge in [-0.3, -0.25) is 4.79 Å². The highest BCUT2D eigenvalue weighted by Crippen LogP contribution is 2.38. The predicted octanol–water partition coefficient (Wildman–Crippen LogP) is 4.85. The first-order chi connectivity index (χ1) is 13.9. The number of nitrogens with zero attached hydrogens (tertiary/aromatic N) is 3. The maximum Gasteiger partial charge on any atom is 0.393 e. The lowest BCUT2D eigenvalue weighted by Crippen LogP contribution is -2.47. The summed E-state index contributed by atoms with van der Waals surface area (Å²) < 4.78 is 41.4. The number of alkyl halides is 3. The quantitative estimate of drug-likeness (QED) is 0.657. The number of thiazole rings is 1. The van der Waals surface area contributed by atoms with Crippen LogP contribution in [0.2, 0.25) is 0 Å². The van der Waals surface area contributed by atoms with Gasteiger partial charge in [-0.15, -0.1) is 11.3 Å². The summed E-state index contributed by atoms with van der Waals surface area (Å²) in [5.74, 6) is -2.06. The van der Waals surface area contributed by atoms with Crippen LogP contribution in [0.1, 0.15) is 36.2 Å². The molecule has 0 aliphatic heterocycles. The smallest absolute Gasteiger partial charge is 0.347 e. The standard InChI is InChI=1S/C20H19F3N4OS/c21-20(22,23)15-8-4-5-9-16(15)25-18(28)17-12-29-19(26-17)13-10-24-27(11-13)14-6-2-1-3-7-14/h1-3,6-7,10-12,15-16H,4-5,8-9H2,(H,25,28). The zero-order valence-electron chi connectivity index (χ0n) is 15.4. The van der Waals surface area contributed by atoms with E-state index < -0.39 is 24.0 Å². The molecule has 2 atom stereocenters. The van der Waals surface area contributed by atoms with Gasteiger partial charge in [0, 0.05) is 23.2 Å². The lowest BCUT2D eigenvalue weighted by atomic mass is 9.84. The van der Waals surface area contributed by atoms with Crippen molar-refractivity contribution in [2.24, 2.45) is 5.92 Å². The topological polar surface area (TPSA) is 59.8 Å². The third kappa shape index (κ3) is 4.34. The summed E-state index contributed by atoms with van der Waals surface area (Å²) in [7, 11) is 0. The van der Waals surface area contributed by atoms with Crippen LogP contribution >= 0.6 is 11.3 Å². The Balaban J connectivity index is 1.48. The van der Waals surface area contributed by atoms with E-state index in [2.05, 4.69) is 15.4 Å². The molecule has 1 aliphatic carbocycles. The van der Waals surface area contributed by atoms with Gasteiger partial charge in [0.25, 0.3) is 5.91 Å². The van der Waals surface area contributed by atoms with E-state index in [0.717, 1.165) is 11.3 Å². The summed E-state index contributed by atoms with van der Waals surface area (Å²) in [5.41, 5.74) is 1.76. The molecule has 0 radical (unpaired) electrons. The number of carbonyl (C=O) groups excluding carboxylic acids is 1. The van der Waals surface area contributed by atoms with Crippen molar-refractivity contribution in [2.45, 2.75) is 37.9 Å². The van der Waals surface area contributed by atoms with Crippen molar-refractivity contribution < 1.29 is 18.0 Å². The maximum absolute atomic E-state index is 13.2. The van der Waals surface area contributed by atoms with Crippen molar-refractivity contribution in [3.05, 3.63) is 53.8 Å². The Morgan fingerprint density at radius 2 is 1.93 bits per heavy atom. The molecule has 1 amide bonds. The molecule has 1 aliphatic rings. The van der Waals surface area contributed by atoms with E-state index in [9.17, 15) is 18.0 Å². The Morgan fingerprint density at radius 3 is 2.69 bits per heavy atom. The molecule has 5 nitrogen and oxygen atoms in total. The molecule has 1 N–H and O–H groups in total. The Hall–Kier alpha value is -2.68. The molecule has 152 valence electrons. The monoisotopic (exact) mass is 420 g/mol. The number of halogens is 3. The Kier molecular flexibility index (Phi) is 5.40. The van der Waals surface area contributed by atoms with Gasteiger partial charge in [0.05, 0.1) is 17.8 Å². The van der Waals surface area contributed by atoms with Crippen LogP contribution in [-0.2, 0) is 0 Å². The molecule has 9 heteroatoms. The molecular weight excluding hydrogens is 401 g/mol. The molecule has 0 saturated heterocycles. The predicted molar refractivity (Wildman–Crippen MR) is 104 cm³/mol. The summed E-state index contributed by atoms with van der Waals surface area (Å²) >= 11 is 1.26. The largest absolute Gasteiger partial charge is 0.393 e. The van der Waals surface area contributed by atoms with Crippen molar-refractivity contribution in [3.8, 4) is 16.3 Å². The Morgan fingerprint density at radius 1 is 1.17 bits per heavy atom. The lowest BCUT2D eigenvalue weighted by Gasteiger charge is -2.33. The van der Waals surface area contributed by atoms with Crippen LogP contribution in [-0.4, -0.2) is 32.9 Å². The van der Waals surface area contributed by atoms with Crippen molar-refractivity contribution in [3.63, 3.8) is 0 Å². The Labute approximate surface area is 169 Å². The fourth-order valence-corrected chi connectivity index (χ4v) is 4.38. The highest BCUT2D eigenvalue weighted by atomic mass is 32.1. The molecule has 2 unspecified atom stereocenters. The number of nitrogens with one attached hydrogen (secondary N) is 1. The van der Waals surface area contributed by atoms with Crippen LogP contribution in [0.15, 0.2) is 48.1 Å². The van der Waals surface area contributed by atoms with E-state index in [4.69, 9.17) is 0 Å². The summed E-state index contributed by atoms with van der Waals surface area (Å²) in [6, 6.07) is 8.65. The second-order valence-corrected chi connectivity index (χ2v) is 7.92. The van der Waals surface area contributed by atoms with Crippen LogP contribution in [0.4, 0.5) is 13.2 Å². The van der Waals surface area contributed by atoms with Gasteiger partial charge in [0.1, 0.15) is 10.7 Å². The van der Waals surface area contributed by atoms with Gasteiger partial charge >= 0.3 is 6.18 Å². The lowest BCUT2D eigenvalue weighted by molar-refractivity contribution is -0.187. The summed E-state index contributed by atoms with van der Waals surface area (Å²) in [4.78, 5) is 16.8. The SMILES string of the molecule is O=C(NC1CCCCC1C(F)(F)F)c1csc(-c2cnn(-c3ccccc3)c2)n1. The van der Waals surface area contributed by atoms with Crippen LogP contribution in [0, 0.1) is 5.92 Å². The first-order valence-electron chi connectivity index (χ1n) is 9.35. The zero-order valence-corrected chi connectivity index (χ0v) is 16.2. The number of para-hydroxylation sites is 1. The molecule has 1 saturated carbocycles. The van der Waals surface area contributed by atoms with Crippen molar-refractivity contribution in [1.82, 2.24) is 20.1 Å². The number of hydrogen-bond donors (Lipinski definition) is 1. The molecule has 0 bridgehead atoms. The normalized spacial score (nSPS) is 19.8. The van der Waals surface area contributed by atoms with E-state index >= 15 is 0 Å². The minimum absolute atomic E-state index is 0.0510. The second-order valence-electron chi connectivity index (χ2n) is 7.06. The van der Waals surface area contributed by atoms with Crippen molar-refractivity contribution >= 4 is 17.2 Å². The minimum Gasteiger partial charge on any atom is -0.347 e. The number of carbonyl (C=O) groups is 1. The van der Waals surface area contributed by atoms with Gasteiger partial charge in [-0.25, -0.2) is 9.67 Å². The van der Waals surface area contributed by atoms with Gasteiger partial charge < -0.3 is 5.32 Å². The van der Waals surface area contributed by atoms with Crippen LogP contribution in [0.25, 0.3) is 16.3 Å². The fraction of sp³-hybridized carbons (Fsp3) is 0.350. The molecule has 0 spiro atoms. The molecule has 2 aromatic heterocycles. The molecule has 2 heterocycles. The van der Waals surface area contributed by atoms with Crippen molar-refractivity contribution in [1.29, 1.82) is 0 Å². The third-order valence-electron chi connectivity index (χ3n) is 5.09. The van der Waals surface area contributed by atoms with E-state index in [1.165, 1.54) is 11.3 Å². The number of benzene rings is 1. The summed E-state index contributed by atoms with van der Waals surface area (Å²) in [6.45, 7) is 0. The van der Waals surface area contributed by atoms with Crippen LogP contribution in [0.3, 0.4) is 0 Å². The minimum atomic E-state index is -4.31. The molecular formula is C20H19F3N4OS. The number of rotatable bonds is 4. The second kappa shape index (κ2) is 7.98. The first-order valence-corrected chi connectivity index (χ1v) is 10.2. The summed E-state index contributed by atoms with van der Waals surface area (Å²) in [6.07, 6.45) is 0.732. The maximum atomic E-state index is 13.2. The Bertz CT molecular complexity index is 983. The number of aromatic nitrogens is 3. The number of amides is 1. The molecule has 29 heavy (non-hydrogen) atoms. The molecule has 1 aromatic carbocycles. The molecule has 3 aromatic rings. The van der Waals surface area contributed by atoms with Crippen LogP contribution in [0.5, 0.6) is 0 Å². The van der Waals surface area contributed by atoms with Gasteiger partial charge in [-0.2, -0.15) is 18.3 Å². The van der Waals surface area contributed by atoms with E-state index in [1.807, 2.05) is 30.3 Å². The highest BCUT2D eigenvalue weighted by Gasteiger charge is 2.46. The average molecular weight is 420 g/mol. The van der Waals surface area contributed by atoms with E-state index in [-0.39, 0.29) is 12.1 Å². The molecule has 1 fully saturated rings. The first kappa shape index (κ1) is 19.6. The third-order valence-corrected chi connectivity index (χ3v) is 5.98. The van der Waals surface area contributed by atoms with Gasteiger partial charge in [0.2, 0.25) is 0 Å². The molecule has 4 rings (SSSR count). The average Bonchev–Trinajstić information content (AvgIpc) is 3.38. The number of hydrogen-bond acceptors (Lipinski definition) is 4. The van der Waals surface area contributed by atoms with Crippen molar-refractivity contribution in [2.75, 3.05) is 0 Å². The summed E-state index contributed by atoms with van der Waals surface area (Å²) in [5, 5.41) is 9.01. The van der Waals surface area contributed by atoms with Crippen LogP contribution < -0.4 is 5.32 Å². The van der Waals surface area contributed by atoms with E-state index in [0.29, 0.717) is 24.3 Å². The zero-order chi connectivity index (χ0) is 20.4. The van der Waals surface area contributed by atoms with E-state index in [1.54, 1.807) is 22.5 Å². The fourth-order valence-electron chi connectivity index (χ4n) is 3.60. The van der Waals surface area contributed by atoms with Gasteiger partial charge in [-0.05, 0) is 25.0 Å². The van der Waals surface area contributed by atoms with Gasteiger partial charge in [-0.1, -0.05) is 31.0 Å². The van der Waals surface area contributed by atoms with Gasteiger partial charge in [0.15, 0.2) is 0 Å². The highest BCUT2D eigenvalue weighted by molar-refractivity contribution is 7.13.